The Morgan fingerprint density at radius 1 is 1.50 bits per heavy atom. The van der Waals surface area contributed by atoms with Crippen molar-refractivity contribution in [1.29, 1.82) is 0 Å². The Labute approximate surface area is 130 Å². The summed E-state index contributed by atoms with van der Waals surface area (Å²) >= 11 is 9.22. The van der Waals surface area contributed by atoms with Crippen LogP contribution in [-0.4, -0.2) is 34.1 Å². The molecule has 1 atom stereocenters. The smallest absolute Gasteiger partial charge is 0.329 e. The molecule has 1 saturated heterocycles. The van der Waals surface area contributed by atoms with Crippen LogP contribution in [0.15, 0.2) is 22.7 Å². The standard InChI is InChI=1S/C13H14BrClN2O3/c1-13(11(18)19)5-2-6-17(13)12(20)16-8-3-4-9(14)10(15)7-8/h3-4,7H,2,5-6H2,1H3,(H,16,20)(H,18,19). The number of rotatable bonds is 2. The van der Waals surface area contributed by atoms with Gasteiger partial charge >= 0.3 is 12.0 Å². The number of urea groups is 1. The maximum absolute atomic E-state index is 12.2. The molecule has 0 aromatic heterocycles. The predicted molar refractivity (Wildman–Crippen MR) is 80.2 cm³/mol. The molecule has 2 N–H and O–H groups in total. The molecule has 2 rings (SSSR count). The normalized spacial score (nSPS) is 21.9. The van der Waals surface area contributed by atoms with E-state index in [0.717, 1.165) is 4.47 Å². The molecule has 1 aromatic carbocycles. The van der Waals surface area contributed by atoms with Crippen molar-refractivity contribution in [2.24, 2.45) is 0 Å². The Hall–Kier alpha value is -1.27. The van der Waals surface area contributed by atoms with Crippen LogP contribution in [0.2, 0.25) is 5.02 Å². The summed E-state index contributed by atoms with van der Waals surface area (Å²) < 4.78 is 0.730. The summed E-state index contributed by atoms with van der Waals surface area (Å²) in [5.41, 5.74) is -0.619. The summed E-state index contributed by atoms with van der Waals surface area (Å²) in [6, 6.07) is 4.60. The van der Waals surface area contributed by atoms with Crippen LogP contribution in [0.25, 0.3) is 0 Å². The number of halogens is 2. The molecule has 1 aromatic rings. The zero-order valence-corrected chi connectivity index (χ0v) is 13.2. The minimum absolute atomic E-state index is 0.425. The van der Waals surface area contributed by atoms with Gasteiger partial charge in [0.1, 0.15) is 5.54 Å². The summed E-state index contributed by atoms with van der Waals surface area (Å²) in [4.78, 5) is 24.9. The number of hydrogen-bond donors (Lipinski definition) is 2. The Balaban J connectivity index is 2.15. The van der Waals surface area contributed by atoms with Crippen molar-refractivity contribution < 1.29 is 14.7 Å². The third kappa shape index (κ3) is 2.76. The van der Waals surface area contributed by atoms with Crippen LogP contribution in [0.1, 0.15) is 19.8 Å². The first-order valence-electron chi connectivity index (χ1n) is 6.11. The first-order valence-corrected chi connectivity index (χ1v) is 7.29. The van der Waals surface area contributed by atoms with Gasteiger partial charge in [-0.05, 0) is 53.9 Å². The molecule has 0 aliphatic carbocycles. The van der Waals surface area contributed by atoms with Crippen molar-refractivity contribution in [1.82, 2.24) is 4.90 Å². The number of hydrogen-bond acceptors (Lipinski definition) is 2. The summed E-state index contributed by atoms with van der Waals surface area (Å²) in [6.45, 7) is 2.00. The molecule has 0 bridgehead atoms. The van der Waals surface area contributed by atoms with Crippen molar-refractivity contribution in [3.63, 3.8) is 0 Å². The van der Waals surface area contributed by atoms with Crippen LogP contribution in [0.4, 0.5) is 10.5 Å². The minimum Gasteiger partial charge on any atom is -0.480 e. The summed E-state index contributed by atoms with van der Waals surface area (Å²) in [7, 11) is 0. The number of nitrogens with one attached hydrogen (secondary N) is 1. The van der Waals surface area contributed by atoms with E-state index in [9.17, 15) is 14.7 Å². The number of carbonyl (C=O) groups excluding carboxylic acids is 1. The fourth-order valence-corrected chi connectivity index (χ4v) is 2.70. The molecule has 108 valence electrons. The zero-order valence-electron chi connectivity index (χ0n) is 10.8. The Kier molecular flexibility index (Phi) is 4.25. The average molecular weight is 362 g/mol. The maximum Gasteiger partial charge on any atom is 0.329 e. The van der Waals surface area contributed by atoms with E-state index in [4.69, 9.17) is 11.6 Å². The third-order valence-electron chi connectivity index (χ3n) is 3.52. The van der Waals surface area contributed by atoms with Crippen LogP contribution >= 0.6 is 27.5 Å². The van der Waals surface area contributed by atoms with Gasteiger partial charge in [-0.2, -0.15) is 0 Å². The molecule has 1 unspecified atom stereocenters. The highest BCUT2D eigenvalue weighted by molar-refractivity contribution is 9.10. The van der Waals surface area contributed by atoms with Gasteiger partial charge in [-0.25, -0.2) is 9.59 Å². The molecule has 20 heavy (non-hydrogen) atoms. The highest BCUT2D eigenvalue weighted by Gasteiger charge is 2.46. The number of carboxylic acids is 1. The number of benzene rings is 1. The van der Waals surface area contributed by atoms with E-state index in [1.807, 2.05) is 0 Å². The quantitative estimate of drug-likeness (QED) is 0.846. The fraction of sp³-hybridized carbons (Fsp3) is 0.385. The van der Waals surface area contributed by atoms with Crippen LogP contribution < -0.4 is 5.32 Å². The van der Waals surface area contributed by atoms with E-state index in [0.29, 0.717) is 30.1 Å². The van der Waals surface area contributed by atoms with Crippen molar-refractivity contribution in [3.8, 4) is 0 Å². The van der Waals surface area contributed by atoms with Gasteiger partial charge in [-0.15, -0.1) is 0 Å². The molecule has 7 heteroatoms. The number of amides is 2. The average Bonchev–Trinajstić information content (AvgIpc) is 2.77. The van der Waals surface area contributed by atoms with Gasteiger partial charge in [-0.1, -0.05) is 11.6 Å². The van der Waals surface area contributed by atoms with Gasteiger partial charge in [0.25, 0.3) is 0 Å². The van der Waals surface area contributed by atoms with Gasteiger partial charge < -0.3 is 15.3 Å². The van der Waals surface area contributed by atoms with Crippen molar-refractivity contribution >= 4 is 45.2 Å². The number of anilines is 1. The SMILES string of the molecule is CC1(C(=O)O)CCCN1C(=O)Nc1ccc(Br)c(Cl)c1. The van der Waals surface area contributed by atoms with E-state index >= 15 is 0 Å². The van der Waals surface area contributed by atoms with E-state index in [1.54, 1.807) is 25.1 Å². The number of carbonyl (C=O) groups is 2. The number of likely N-dealkylation sites (tertiary alicyclic amines) is 1. The highest BCUT2D eigenvalue weighted by Crippen LogP contribution is 2.31. The molecule has 0 spiro atoms. The Morgan fingerprint density at radius 3 is 2.80 bits per heavy atom. The third-order valence-corrected chi connectivity index (χ3v) is 4.75. The van der Waals surface area contributed by atoms with Crippen molar-refractivity contribution in [2.75, 3.05) is 11.9 Å². The van der Waals surface area contributed by atoms with Crippen LogP contribution in [0, 0.1) is 0 Å². The molecule has 0 radical (unpaired) electrons. The van der Waals surface area contributed by atoms with Gasteiger partial charge in [-0.3, -0.25) is 0 Å². The molecular weight excluding hydrogens is 348 g/mol. The van der Waals surface area contributed by atoms with E-state index in [2.05, 4.69) is 21.2 Å². The van der Waals surface area contributed by atoms with Crippen molar-refractivity contribution in [2.45, 2.75) is 25.3 Å². The van der Waals surface area contributed by atoms with Crippen molar-refractivity contribution in [3.05, 3.63) is 27.7 Å². The largest absolute Gasteiger partial charge is 0.480 e. The molecule has 2 amide bonds. The molecule has 5 nitrogen and oxygen atoms in total. The zero-order chi connectivity index (χ0) is 14.9. The lowest BCUT2D eigenvalue weighted by Crippen LogP contribution is -2.52. The van der Waals surface area contributed by atoms with Gasteiger partial charge in [0.05, 0.1) is 5.02 Å². The number of carboxylic acid groups (broad SMARTS) is 1. The lowest BCUT2D eigenvalue weighted by Gasteiger charge is -2.31. The lowest BCUT2D eigenvalue weighted by atomic mass is 10.00. The summed E-state index contributed by atoms with van der Waals surface area (Å²) in [6.07, 6.45) is 1.13. The second-order valence-corrected chi connectivity index (χ2v) is 6.15. The van der Waals surface area contributed by atoms with Crippen LogP contribution in [0.3, 0.4) is 0 Å². The van der Waals surface area contributed by atoms with E-state index < -0.39 is 17.5 Å². The van der Waals surface area contributed by atoms with Gasteiger partial charge in [0.2, 0.25) is 0 Å². The maximum atomic E-state index is 12.2. The topological polar surface area (TPSA) is 69.6 Å². The Bertz CT molecular complexity index is 567. The lowest BCUT2D eigenvalue weighted by molar-refractivity contribution is -0.146. The fourth-order valence-electron chi connectivity index (χ4n) is 2.28. The molecule has 0 saturated carbocycles. The molecule has 1 aliphatic rings. The molecular formula is C13H14BrClN2O3. The van der Waals surface area contributed by atoms with E-state index in [-0.39, 0.29) is 0 Å². The number of aliphatic carboxylic acids is 1. The monoisotopic (exact) mass is 360 g/mol. The minimum atomic E-state index is -1.15. The first kappa shape index (κ1) is 15.1. The summed E-state index contributed by atoms with van der Waals surface area (Å²) in [5.74, 6) is -0.987. The second-order valence-electron chi connectivity index (χ2n) is 4.89. The summed E-state index contributed by atoms with van der Waals surface area (Å²) in [5, 5.41) is 12.4. The Morgan fingerprint density at radius 2 is 2.20 bits per heavy atom. The van der Waals surface area contributed by atoms with Crippen LogP contribution in [0.5, 0.6) is 0 Å². The first-order chi connectivity index (χ1) is 9.34. The number of nitrogens with zero attached hydrogens (tertiary/aromatic N) is 1. The molecule has 1 fully saturated rings. The van der Waals surface area contributed by atoms with E-state index in [1.165, 1.54) is 4.90 Å². The van der Waals surface area contributed by atoms with Gasteiger partial charge in [0.15, 0.2) is 0 Å². The second kappa shape index (κ2) is 5.61. The molecule has 1 heterocycles. The predicted octanol–water partition coefficient (Wildman–Crippen LogP) is 3.57. The highest BCUT2D eigenvalue weighted by atomic mass is 79.9. The van der Waals surface area contributed by atoms with Gasteiger partial charge in [0, 0.05) is 16.7 Å². The molecule has 1 aliphatic heterocycles. The van der Waals surface area contributed by atoms with Crippen LogP contribution in [-0.2, 0) is 4.79 Å².